The van der Waals surface area contributed by atoms with E-state index in [4.69, 9.17) is 21.4 Å². The summed E-state index contributed by atoms with van der Waals surface area (Å²) in [5, 5.41) is 8.71. The van der Waals surface area contributed by atoms with E-state index in [0.29, 0.717) is 22.8 Å². The van der Waals surface area contributed by atoms with Crippen molar-refractivity contribution < 1.29 is 19.0 Å². The van der Waals surface area contributed by atoms with E-state index < -0.39 is 11.8 Å². The van der Waals surface area contributed by atoms with E-state index in [0.717, 1.165) is 12.1 Å². The number of pyridine rings is 1. The molecule has 1 N–H and O–H groups in total. The zero-order chi connectivity index (χ0) is 15.4. The van der Waals surface area contributed by atoms with E-state index in [9.17, 15) is 9.18 Å². The van der Waals surface area contributed by atoms with E-state index in [1.165, 1.54) is 24.4 Å². The van der Waals surface area contributed by atoms with Crippen molar-refractivity contribution in [1.29, 1.82) is 0 Å². The molecule has 2 rings (SSSR count). The molecular weight excluding hydrogens is 297 g/mol. The van der Waals surface area contributed by atoms with E-state index in [-0.39, 0.29) is 5.02 Å². The van der Waals surface area contributed by atoms with Gasteiger partial charge < -0.3 is 9.84 Å². The first-order chi connectivity index (χ1) is 9.95. The highest BCUT2D eigenvalue weighted by Crippen LogP contribution is 2.30. The van der Waals surface area contributed by atoms with Crippen LogP contribution in [-0.4, -0.2) is 16.1 Å². The second kappa shape index (κ2) is 6.37. The molecule has 0 aliphatic heterocycles. The van der Waals surface area contributed by atoms with Gasteiger partial charge in [0.25, 0.3) is 0 Å². The van der Waals surface area contributed by atoms with Gasteiger partial charge in [-0.05, 0) is 42.8 Å². The summed E-state index contributed by atoms with van der Waals surface area (Å²) in [5.41, 5.74) is 1.33. The Hall–Kier alpha value is -2.40. The summed E-state index contributed by atoms with van der Waals surface area (Å²) in [7, 11) is 0. The van der Waals surface area contributed by atoms with Crippen LogP contribution in [0.3, 0.4) is 0 Å². The molecule has 1 aromatic heterocycles. The summed E-state index contributed by atoms with van der Waals surface area (Å²) < 4.78 is 18.5. The third kappa shape index (κ3) is 4.03. The molecule has 1 aromatic carbocycles. The maximum atomic E-state index is 13.0. The smallest absolute Gasteiger partial charge is 0.328 e. The number of benzene rings is 1. The number of aryl methyl sites for hydroxylation is 1. The molecule has 0 bridgehead atoms. The number of nitrogens with zero attached hydrogens (tertiary/aromatic N) is 1. The fourth-order valence-electron chi connectivity index (χ4n) is 1.61. The SMILES string of the molecule is Cc1cc(/C=C/C(=O)O)cnc1Oc1ccc(F)cc1Cl. The highest BCUT2D eigenvalue weighted by Gasteiger charge is 2.08. The normalized spacial score (nSPS) is 10.8. The molecule has 0 aliphatic rings. The minimum Gasteiger partial charge on any atom is -0.478 e. The average Bonchev–Trinajstić information content (AvgIpc) is 2.42. The first-order valence-corrected chi connectivity index (χ1v) is 6.34. The molecule has 4 nitrogen and oxygen atoms in total. The van der Waals surface area contributed by atoms with Gasteiger partial charge in [-0.15, -0.1) is 0 Å². The maximum absolute atomic E-state index is 13.0. The second-order valence-corrected chi connectivity index (χ2v) is 4.65. The van der Waals surface area contributed by atoms with Crippen molar-refractivity contribution in [3.63, 3.8) is 0 Å². The van der Waals surface area contributed by atoms with E-state index in [2.05, 4.69) is 4.98 Å². The first kappa shape index (κ1) is 15.0. The highest BCUT2D eigenvalue weighted by molar-refractivity contribution is 6.32. The van der Waals surface area contributed by atoms with Crippen LogP contribution >= 0.6 is 11.6 Å². The molecule has 0 atom stereocenters. The average molecular weight is 308 g/mol. The predicted molar refractivity (Wildman–Crippen MR) is 77.1 cm³/mol. The summed E-state index contributed by atoms with van der Waals surface area (Å²) >= 11 is 5.88. The quantitative estimate of drug-likeness (QED) is 0.865. The molecule has 0 fully saturated rings. The van der Waals surface area contributed by atoms with Crippen LogP contribution in [0.4, 0.5) is 4.39 Å². The number of hydrogen-bond donors (Lipinski definition) is 1. The van der Waals surface area contributed by atoms with Gasteiger partial charge in [0.1, 0.15) is 11.6 Å². The molecule has 0 radical (unpaired) electrons. The van der Waals surface area contributed by atoms with Crippen molar-refractivity contribution in [2.45, 2.75) is 6.92 Å². The fourth-order valence-corrected chi connectivity index (χ4v) is 1.82. The number of carboxylic acid groups (broad SMARTS) is 1. The molecule has 6 heteroatoms. The molecule has 108 valence electrons. The molecule has 21 heavy (non-hydrogen) atoms. The molecular formula is C15H11ClFNO3. The third-order valence-corrected chi connectivity index (χ3v) is 2.87. The number of halogens is 2. The van der Waals surface area contributed by atoms with Crippen molar-refractivity contribution >= 4 is 23.6 Å². The Morgan fingerprint density at radius 3 is 2.81 bits per heavy atom. The van der Waals surface area contributed by atoms with Gasteiger partial charge in [-0.3, -0.25) is 0 Å². The zero-order valence-electron chi connectivity index (χ0n) is 11.0. The Kier molecular flexibility index (Phi) is 4.55. The number of rotatable bonds is 4. The van der Waals surface area contributed by atoms with Gasteiger partial charge in [0.2, 0.25) is 5.88 Å². The Morgan fingerprint density at radius 2 is 2.19 bits per heavy atom. The maximum Gasteiger partial charge on any atom is 0.328 e. The second-order valence-electron chi connectivity index (χ2n) is 4.24. The van der Waals surface area contributed by atoms with Crippen molar-refractivity contribution in [3.8, 4) is 11.6 Å². The van der Waals surface area contributed by atoms with Gasteiger partial charge in [0, 0.05) is 17.8 Å². The van der Waals surface area contributed by atoms with Crippen LogP contribution in [0.2, 0.25) is 5.02 Å². The molecule has 2 aromatic rings. The third-order valence-electron chi connectivity index (χ3n) is 2.57. The number of aromatic nitrogens is 1. The first-order valence-electron chi connectivity index (χ1n) is 5.96. The molecule has 0 amide bonds. The van der Waals surface area contributed by atoms with Crippen molar-refractivity contribution in [1.82, 2.24) is 4.98 Å². The molecule has 0 saturated heterocycles. The van der Waals surface area contributed by atoms with Gasteiger partial charge in [-0.1, -0.05) is 11.6 Å². The Labute approximate surface area is 125 Å². The lowest BCUT2D eigenvalue weighted by Gasteiger charge is -2.09. The lowest BCUT2D eigenvalue weighted by Crippen LogP contribution is -1.93. The monoisotopic (exact) mass is 307 g/mol. The Balaban J connectivity index is 2.23. The van der Waals surface area contributed by atoms with Gasteiger partial charge in [0.05, 0.1) is 5.02 Å². The van der Waals surface area contributed by atoms with Crippen LogP contribution in [0.15, 0.2) is 36.5 Å². The molecule has 0 spiro atoms. The minimum absolute atomic E-state index is 0.144. The van der Waals surface area contributed by atoms with Crippen LogP contribution in [0.5, 0.6) is 11.6 Å². The highest BCUT2D eigenvalue weighted by atomic mass is 35.5. The van der Waals surface area contributed by atoms with Gasteiger partial charge in [0.15, 0.2) is 0 Å². The molecule has 0 saturated carbocycles. The number of aliphatic carboxylic acids is 1. The topological polar surface area (TPSA) is 59.4 Å². The van der Waals surface area contributed by atoms with E-state index in [1.54, 1.807) is 13.0 Å². The van der Waals surface area contributed by atoms with Crippen molar-refractivity contribution in [2.24, 2.45) is 0 Å². The van der Waals surface area contributed by atoms with Crippen LogP contribution in [0.1, 0.15) is 11.1 Å². The van der Waals surface area contributed by atoms with Crippen molar-refractivity contribution in [2.75, 3.05) is 0 Å². The summed E-state index contributed by atoms with van der Waals surface area (Å²) in [6.45, 7) is 1.76. The largest absolute Gasteiger partial charge is 0.478 e. The Morgan fingerprint density at radius 1 is 1.43 bits per heavy atom. The minimum atomic E-state index is -1.04. The van der Waals surface area contributed by atoms with E-state index >= 15 is 0 Å². The summed E-state index contributed by atoms with van der Waals surface area (Å²) in [4.78, 5) is 14.5. The summed E-state index contributed by atoms with van der Waals surface area (Å²) in [5.74, 6) is -0.879. The fraction of sp³-hybridized carbons (Fsp3) is 0.0667. The Bertz CT molecular complexity index is 716. The van der Waals surface area contributed by atoms with Gasteiger partial charge >= 0.3 is 5.97 Å². The van der Waals surface area contributed by atoms with Crippen LogP contribution in [0.25, 0.3) is 6.08 Å². The number of carbonyl (C=O) groups is 1. The lowest BCUT2D eigenvalue weighted by atomic mass is 10.2. The van der Waals surface area contributed by atoms with Crippen LogP contribution < -0.4 is 4.74 Å². The molecule has 1 heterocycles. The lowest BCUT2D eigenvalue weighted by molar-refractivity contribution is -0.131. The summed E-state index contributed by atoms with van der Waals surface area (Å²) in [6, 6.07) is 5.52. The molecule has 0 aliphatic carbocycles. The summed E-state index contributed by atoms with van der Waals surface area (Å²) in [6.07, 6.45) is 3.92. The number of ether oxygens (including phenoxy) is 1. The zero-order valence-corrected chi connectivity index (χ0v) is 11.8. The van der Waals surface area contributed by atoms with Crippen molar-refractivity contribution in [3.05, 3.63) is 58.5 Å². The van der Waals surface area contributed by atoms with Crippen LogP contribution in [-0.2, 0) is 4.79 Å². The number of hydrogen-bond acceptors (Lipinski definition) is 3. The van der Waals surface area contributed by atoms with Gasteiger partial charge in [-0.25, -0.2) is 14.2 Å². The predicted octanol–water partition coefficient (Wildman–Crippen LogP) is 4.07. The van der Waals surface area contributed by atoms with E-state index in [1.807, 2.05) is 0 Å². The number of carboxylic acids is 1. The van der Waals surface area contributed by atoms with Crippen LogP contribution in [0, 0.1) is 12.7 Å². The van der Waals surface area contributed by atoms with Gasteiger partial charge in [-0.2, -0.15) is 0 Å². The standard InChI is InChI=1S/C15H11ClFNO3/c1-9-6-10(2-5-14(19)20)8-18-15(9)21-13-4-3-11(17)7-12(13)16/h2-8H,1H3,(H,19,20)/b5-2+. The molecule has 0 unspecified atom stereocenters.